The van der Waals surface area contributed by atoms with Gasteiger partial charge in [-0.15, -0.1) is 0 Å². The minimum Gasteiger partial charge on any atom is -0.358 e. The summed E-state index contributed by atoms with van der Waals surface area (Å²) in [5.74, 6) is 1.92. The third-order valence-electron chi connectivity index (χ3n) is 5.96. The van der Waals surface area contributed by atoms with E-state index in [4.69, 9.17) is 0 Å². The number of benzene rings is 1. The SMILES string of the molecule is Cc1c2c(n(C)c1N1CCCCC1)CN(C)CC2c1ccc(Br)cc1. The van der Waals surface area contributed by atoms with E-state index in [1.54, 1.807) is 5.56 Å². The minimum absolute atomic E-state index is 0.464. The van der Waals surface area contributed by atoms with Crippen molar-refractivity contribution < 1.29 is 0 Å². The largest absolute Gasteiger partial charge is 0.358 e. The van der Waals surface area contributed by atoms with Gasteiger partial charge in [-0.25, -0.2) is 0 Å². The van der Waals surface area contributed by atoms with E-state index in [2.05, 4.69) is 75.6 Å². The van der Waals surface area contributed by atoms with E-state index >= 15 is 0 Å². The van der Waals surface area contributed by atoms with Crippen LogP contribution < -0.4 is 4.90 Å². The van der Waals surface area contributed by atoms with E-state index < -0.39 is 0 Å². The molecule has 1 aromatic carbocycles. The monoisotopic (exact) mass is 401 g/mol. The molecule has 2 aromatic rings. The van der Waals surface area contributed by atoms with Crippen LogP contribution in [0.1, 0.15) is 47.6 Å². The summed E-state index contributed by atoms with van der Waals surface area (Å²) in [6.07, 6.45) is 4.03. The molecule has 1 saturated heterocycles. The molecule has 1 unspecified atom stereocenters. The minimum atomic E-state index is 0.464. The van der Waals surface area contributed by atoms with Crippen LogP contribution in [0.5, 0.6) is 0 Å². The van der Waals surface area contributed by atoms with Gasteiger partial charge in [-0.05, 0) is 62.1 Å². The molecule has 0 saturated carbocycles. The number of likely N-dealkylation sites (N-methyl/N-ethyl adjacent to an activating group) is 1. The lowest BCUT2D eigenvalue weighted by Gasteiger charge is -2.31. The van der Waals surface area contributed by atoms with E-state index in [-0.39, 0.29) is 0 Å². The molecule has 0 amide bonds. The van der Waals surface area contributed by atoms with Gasteiger partial charge in [-0.1, -0.05) is 28.1 Å². The molecule has 0 N–H and O–H groups in total. The standard InChI is InChI=1S/C21H28BrN3/c1-15-20-18(16-7-9-17(22)10-8-16)13-23(2)14-19(20)24(3)21(15)25-11-5-4-6-12-25/h7-10,18H,4-6,11-14H2,1-3H3. The van der Waals surface area contributed by atoms with Crippen molar-refractivity contribution in [1.29, 1.82) is 0 Å². The number of halogens is 1. The zero-order valence-electron chi connectivity index (χ0n) is 15.6. The molecular formula is C21H28BrN3. The molecule has 4 rings (SSSR count). The zero-order chi connectivity index (χ0) is 17.6. The highest BCUT2D eigenvalue weighted by Gasteiger charge is 2.32. The average Bonchev–Trinajstić information content (AvgIpc) is 2.86. The van der Waals surface area contributed by atoms with Crippen molar-refractivity contribution in [3.05, 3.63) is 51.1 Å². The Hall–Kier alpha value is -1.26. The number of rotatable bonds is 2. The van der Waals surface area contributed by atoms with Crippen LogP contribution in [0, 0.1) is 6.92 Å². The third kappa shape index (κ3) is 3.04. The quantitative estimate of drug-likeness (QED) is 0.724. The van der Waals surface area contributed by atoms with E-state index in [1.807, 2.05) is 0 Å². The molecule has 25 heavy (non-hydrogen) atoms. The number of hydrogen-bond acceptors (Lipinski definition) is 2. The summed E-state index contributed by atoms with van der Waals surface area (Å²) in [7, 11) is 4.52. The summed E-state index contributed by atoms with van der Waals surface area (Å²) in [6.45, 7) is 6.90. The van der Waals surface area contributed by atoms with Crippen LogP contribution in [-0.4, -0.2) is 36.1 Å². The fourth-order valence-electron chi connectivity index (χ4n) is 4.80. The highest BCUT2D eigenvalue weighted by molar-refractivity contribution is 9.10. The van der Waals surface area contributed by atoms with Crippen molar-refractivity contribution >= 4 is 21.7 Å². The van der Waals surface area contributed by atoms with E-state index in [0.717, 1.165) is 17.6 Å². The molecule has 2 aliphatic rings. The van der Waals surface area contributed by atoms with Gasteiger partial charge in [0.15, 0.2) is 0 Å². The fourth-order valence-corrected chi connectivity index (χ4v) is 5.06. The van der Waals surface area contributed by atoms with Crippen molar-refractivity contribution in [2.24, 2.45) is 7.05 Å². The second kappa shape index (κ2) is 6.81. The second-order valence-electron chi connectivity index (χ2n) is 7.72. The molecule has 0 bridgehead atoms. The Balaban J connectivity index is 1.81. The van der Waals surface area contributed by atoms with Gasteiger partial charge in [0.1, 0.15) is 5.82 Å². The molecule has 0 radical (unpaired) electrons. The van der Waals surface area contributed by atoms with Gasteiger partial charge in [0.2, 0.25) is 0 Å². The van der Waals surface area contributed by atoms with Crippen molar-refractivity contribution in [2.75, 3.05) is 31.6 Å². The summed E-state index contributed by atoms with van der Waals surface area (Å²) in [5, 5.41) is 0. The van der Waals surface area contributed by atoms with Crippen LogP contribution in [0.15, 0.2) is 28.7 Å². The molecule has 0 aliphatic carbocycles. The average molecular weight is 402 g/mol. The van der Waals surface area contributed by atoms with Gasteiger partial charge < -0.3 is 9.47 Å². The first kappa shape index (κ1) is 17.2. The van der Waals surface area contributed by atoms with Gasteiger partial charge in [0.25, 0.3) is 0 Å². The summed E-state index contributed by atoms with van der Waals surface area (Å²) >= 11 is 3.57. The van der Waals surface area contributed by atoms with Gasteiger partial charge in [0, 0.05) is 49.3 Å². The number of hydrogen-bond donors (Lipinski definition) is 0. The molecule has 2 aliphatic heterocycles. The first-order valence-corrected chi connectivity index (χ1v) is 10.2. The molecule has 3 nitrogen and oxygen atoms in total. The number of fused-ring (bicyclic) bond motifs is 1. The number of aromatic nitrogens is 1. The second-order valence-corrected chi connectivity index (χ2v) is 8.63. The zero-order valence-corrected chi connectivity index (χ0v) is 17.1. The van der Waals surface area contributed by atoms with Gasteiger partial charge in [-0.2, -0.15) is 0 Å². The molecule has 4 heteroatoms. The summed E-state index contributed by atoms with van der Waals surface area (Å²) in [6, 6.07) is 8.91. The van der Waals surface area contributed by atoms with Gasteiger partial charge in [-0.3, -0.25) is 4.90 Å². The smallest absolute Gasteiger partial charge is 0.111 e. The van der Waals surface area contributed by atoms with Crippen LogP contribution in [0.4, 0.5) is 5.82 Å². The number of anilines is 1. The molecule has 3 heterocycles. The summed E-state index contributed by atoms with van der Waals surface area (Å²) in [5.41, 5.74) is 6.00. The van der Waals surface area contributed by atoms with Crippen LogP contribution in [0.2, 0.25) is 0 Å². The van der Waals surface area contributed by atoms with Crippen molar-refractivity contribution in [1.82, 2.24) is 9.47 Å². The Bertz CT molecular complexity index is 756. The number of nitrogens with zero attached hydrogens (tertiary/aromatic N) is 3. The topological polar surface area (TPSA) is 11.4 Å². The van der Waals surface area contributed by atoms with Gasteiger partial charge >= 0.3 is 0 Å². The molecular weight excluding hydrogens is 374 g/mol. The maximum Gasteiger partial charge on any atom is 0.111 e. The summed E-state index contributed by atoms with van der Waals surface area (Å²) in [4.78, 5) is 5.09. The first-order valence-electron chi connectivity index (χ1n) is 9.43. The Morgan fingerprint density at radius 1 is 1.00 bits per heavy atom. The Morgan fingerprint density at radius 3 is 2.36 bits per heavy atom. The number of piperidine rings is 1. The maximum absolute atomic E-state index is 3.57. The lowest BCUT2D eigenvalue weighted by Crippen LogP contribution is -2.32. The van der Waals surface area contributed by atoms with Crippen molar-refractivity contribution in [3.8, 4) is 0 Å². The van der Waals surface area contributed by atoms with Gasteiger partial charge in [0.05, 0.1) is 0 Å². The lowest BCUT2D eigenvalue weighted by molar-refractivity contribution is 0.287. The van der Waals surface area contributed by atoms with E-state index in [1.165, 1.54) is 55.0 Å². The Kier molecular flexibility index (Phi) is 4.67. The molecule has 1 aromatic heterocycles. The lowest BCUT2D eigenvalue weighted by atomic mass is 9.86. The highest BCUT2D eigenvalue weighted by Crippen LogP contribution is 2.41. The maximum atomic E-state index is 3.57. The Labute approximate surface area is 159 Å². The van der Waals surface area contributed by atoms with Crippen LogP contribution in [0.3, 0.4) is 0 Å². The van der Waals surface area contributed by atoms with E-state index in [0.29, 0.717) is 5.92 Å². The Morgan fingerprint density at radius 2 is 1.68 bits per heavy atom. The molecule has 1 atom stereocenters. The normalized spacial score (nSPS) is 21.4. The molecule has 134 valence electrons. The van der Waals surface area contributed by atoms with Crippen molar-refractivity contribution in [2.45, 2.75) is 38.6 Å². The highest BCUT2D eigenvalue weighted by atomic mass is 79.9. The fraction of sp³-hybridized carbons (Fsp3) is 0.524. The van der Waals surface area contributed by atoms with Crippen LogP contribution in [0.25, 0.3) is 0 Å². The molecule has 0 spiro atoms. The van der Waals surface area contributed by atoms with Crippen LogP contribution >= 0.6 is 15.9 Å². The third-order valence-corrected chi connectivity index (χ3v) is 6.49. The first-order chi connectivity index (χ1) is 12.1. The van der Waals surface area contributed by atoms with Crippen molar-refractivity contribution in [3.63, 3.8) is 0 Å². The van der Waals surface area contributed by atoms with E-state index in [9.17, 15) is 0 Å². The van der Waals surface area contributed by atoms with Crippen LogP contribution in [-0.2, 0) is 13.6 Å². The summed E-state index contributed by atoms with van der Waals surface area (Å²) < 4.78 is 3.64. The molecule has 1 fully saturated rings. The predicted molar refractivity (Wildman–Crippen MR) is 109 cm³/mol. The predicted octanol–water partition coefficient (Wildman–Crippen LogP) is 4.66.